The van der Waals surface area contributed by atoms with E-state index in [1.54, 1.807) is 12.1 Å². The average molecular weight is 410 g/mol. The van der Waals surface area contributed by atoms with Gasteiger partial charge in [0.2, 0.25) is 11.8 Å². The van der Waals surface area contributed by atoms with Gasteiger partial charge in [-0.25, -0.2) is 4.39 Å². The first kappa shape index (κ1) is 20.5. The zero-order valence-corrected chi connectivity index (χ0v) is 17.2. The van der Waals surface area contributed by atoms with Crippen LogP contribution in [0.5, 0.6) is 0 Å². The number of hydrogen-bond donors (Lipinski definition) is 1. The van der Waals surface area contributed by atoms with E-state index in [4.69, 9.17) is 0 Å². The third-order valence-electron chi connectivity index (χ3n) is 5.79. The van der Waals surface area contributed by atoms with E-state index in [0.717, 1.165) is 38.3 Å². The SMILES string of the molecule is C[C@@H]1Cc2ccccc2N1C(=O)CN1CCN(CC(=O)Nc2ccc(F)cc2)CC1. The summed E-state index contributed by atoms with van der Waals surface area (Å²) in [5, 5.41) is 2.79. The number of fused-ring (bicyclic) bond motifs is 1. The number of carbonyl (C=O) groups is 2. The molecule has 30 heavy (non-hydrogen) atoms. The predicted octanol–water partition coefficient (Wildman–Crippen LogP) is 2.36. The third kappa shape index (κ3) is 4.68. The lowest BCUT2D eigenvalue weighted by Crippen LogP contribution is -2.52. The highest BCUT2D eigenvalue weighted by molar-refractivity contribution is 5.97. The number of benzene rings is 2. The van der Waals surface area contributed by atoms with E-state index >= 15 is 0 Å². The molecule has 158 valence electrons. The number of anilines is 2. The van der Waals surface area contributed by atoms with Crippen molar-refractivity contribution in [3.8, 4) is 0 Å². The van der Waals surface area contributed by atoms with Crippen molar-refractivity contribution in [3.05, 3.63) is 59.9 Å². The summed E-state index contributed by atoms with van der Waals surface area (Å²) in [6.45, 7) is 5.74. The summed E-state index contributed by atoms with van der Waals surface area (Å²) < 4.78 is 13.0. The molecular formula is C23H27FN4O2. The van der Waals surface area contributed by atoms with Gasteiger partial charge >= 0.3 is 0 Å². The van der Waals surface area contributed by atoms with Gasteiger partial charge in [0, 0.05) is 43.6 Å². The molecule has 0 bridgehead atoms. The Bertz CT molecular complexity index is 910. The maximum Gasteiger partial charge on any atom is 0.241 e. The molecule has 1 atom stereocenters. The number of halogens is 1. The number of nitrogens with zero attached hydrogens (tertiary/aromatic N) is 3. The van der Waals surface area contributed by atoms with Gasteiger partial charge in [0.1, 0.15) is 5.82 Å². The second kappa shape index (κ2) is 8.93. The van der Waals surface area contributed by atoms with Crippen LogP contribution in [0.15, 0.2) is 48.5 Å². The molecule has 1 N–H and O–H groups in total. The first-order valence-electron chi connectivity index (χ1n) is 10.4. The quantitative estimate of drug-likeness (QED) is 0.822. The topological polar surface area (TPSA) is 55.9 Å². The Kier molecular flexibility index (Phi) is 6.11. The molecule has 0 aromatic heterocycles. The number of nitrogens with one attached hydrogen (secondary N) is 1. The summed E-state index contributed by atoms with van der Waals surface area (Å²) in [7, 11) is 0. The molecule has 7 heteroatoms. The fraction of sp³-hybridized carbons (Fsp3) is 0.391. The van der Waals surface area contributed by atoms with Crippen molar-refractivity contribution >= 4 is 23.2 Å². The Morgan fingerprint density at radius 3 is 2.30 bits per heavy atom. The van der Waals surface area contributed by atoms with E-state index in [0.29, 0.717) is 12.2 Å². The van der Waals surface area contributed by atoms with Crippen LogP contribution >= 0.6 is 0 Å². The maximum atomic E-state index is 13.0. The van der Waals surface area contributed by atoms with Crippen LogP contribution in [0.1, 0.15) is 12.5 Å². The van der Waals surface area contributed by atoms with E-state index in [1.807, 2.05) is 23.1 Å². The highest BCUT2D eigenvalue weighted by Gasteiger charge is 2.31. The van der Waals surface area contributed by atoms with Crippen molar-refractivity contribution in [2.24, 2.45) is 0 Å². The van der Waals surface area contributed by atoms with Crippen molar-refractivity contribution < 1.29 is 14.0 Å². The van der Waals surface area contributed by atoms with Crippen LogP contribution in [0.25, 0.3) is 0 Å². The second-order valence-corrected chi connectivity index (χ2v) is 8.05. The lowest BCUT2D eigenvalue weighted by Gasteiger charge is -2.35. The molecule has 0 spiro atoms. The summed E-state index contributed by atoms with van der Waals surface area (Å²) in [5.41, 5.74) is 2.85. The fourth-order valence-corrected chi connectivity index (χ4v) is 4.26. The van der Waals surface area contributed by atoms with E-state index in [-0.39, 0.29) is 30.2 Å². The molecule has 2 aromatic carbocycles. The number of para-hydroxylation sites is 1. The zero-order chi connectivity index (χ0) is 21.1. The number of hydrogen-bond acceptors (Lipinski definition) is 4. The summed E-state index contributed by atoms with van der Waals surface area (Å²) in [6, 6.07) is 14.0. The van der Waals surface area contributed by atoms with Gasteiger partial charge in [-0.15, -0.1) is 0 Å². The van der Waals surface area contributed by atoms with Crippen LogP contribution in [0, 0.1) is 5.82 Å². The van der Waals surface area contributed by atoms with Crippen LogP contribution < -0.4 is 10.2 Å². The number of piperazine rings is 1. The van der Waals surface area contributed by atoms with E-state index < -0.39 is 0 Å². The van der Waals surface area contributed by atoms with Gasteiger partial charge in [-0.1, -0.05) is 18.2 Å². The Hall–Kier alpha value is -2.77. The Morgan fingerprint density at radius 1 is 0.967 bits per heavy atom. The number of amides is 2. The van der Waals surface area contributed by atoms with Crippen molar-refractivity contribution in [1.29, 1.82) is 0 Å². The minimum absolute atomic E-state index is 0.117. The molecule has 4 rings (SSSR count). The van der Waals surface area contributed by atoms with Gasteiger partial charge in [-0.2, -0.15) is 0 Å². The van der Waals surface area contributed by atoms with Crippen LogP contribution in [0.2, 0.25) is 0 Å². The van der Waals surface area contributed by atoms with Crippen molar-refractivity contribution in [1.82, 2.24) is 9.80 Å². The number of carbonyl (C=O) groups excluding carboxylic acids is 2. The van der Waals surface area contributed by atoms with Crippen molar-refractivity contribution in [3.63, 3.8) is 0 Å². The van der Waals surface area contributed by atoms with Crippen LogP contribution in [0.4, 0.5) is 15.8 Å². The molecule has 0 aliphatic carbocycles. The first-order chi connectivity index (χ1) is 14.5. The lowest BCUT2D eigenvalue weighted by atomic mass is 10.1. The minimum atomic E-state index is -0.328. The molecule has 2 aromatic rings. The van der Waals surface area contributed by atoms with Gasteiger partial charge in [0.05, 0.1) is 13.1 Å². The van der Waals surface area contributed by atoms with E-state index in [1.165, 1.54) is 17.7 Å². The molecule has 0 saturated carbocycles. The molecule has 2 aliphatic heterocycles. The molecule has 0 radical (unpaired) electrons. The molecule has 2 amide bonds. The molecule has 1 fully saturated rings. The van der Waals surface area contributed by atoms with Gasteiger partial charge < -0.3 is 10.2 Å². The largest absolute Gasteiger partial charge is 0.325 e. The average Bonchev–Trinajstić information content (AvgIpc) is 3.07. The van der Waals surface area contributed by atoms with Crippen LogP contribution in [0.3, 0.4) is 0 Å². The Labute approximate surface area is 176 Å². The fourth-order valence-electron chi connectivity index (χ4n) is 4.26. The first-order valence-corrected chi connectivity index (χ1v) is 10.4. The van der Waals surface area contributed by atoms with Gasteiger partial charge in [0.25, 0.3) is 0 Å². The molecule has 0 unspecified atom stereocenters. The number of rotatable bonds is 5. The summed E-state index contributed by atoms with van der Waals surface area (Å²) in [4.78, 5) is 31.3. The molecule has 2 aliphatic rings. The van der Waals surface area contributed by atoms with Crippen LogP contribution in [-0.2, 0) is 16.0 Å². The predicted molar refractivity (Wildman–Crippen MR) is 115 cm³/mol. The summed E-state index contributed by atoms with van der Waals surface area (Å²) in [6.07, 6.45) is 0.902. The standard InChI is InChI=1S/C23H27FN4O2/c1-17-14-18-4-2-3-5-21(18)28(17)23(30)16-27-12-10-26(11-13-27)15-22(29)25-20-8-6-19(24)7-9-20/h2-9,17H,10-16H2,1H3,(H,25,29)/t17-/m1/s1. The van der Waals surface area contributed by atoms with Crippen molar-refractivity contribution in [2.45, 2.75) is 19.4 Å². The van der Waals surface area contributed by atoms with E-state index in [2.05, 4.69) is 28.1 Å². The maximum absolute atomic E-state index is 13.0. The monoisotopic (exact) mass is 410 g/mol. The Balaban J connectivity index is 1.24. The molecule has 6 nitrogen and oxygen atoms in total. The van der Waals surface area contributed by atoms with Gasteiger partial charge in [0.15, 0.2) is 0 Å². The zero-order valence-electron chi connectivity index (χ0n) is 17.2. The van der Waals surface area contributed by atoms with Gasteiger partial charge in [-0.05, 0) is 49.2 Å². The summed E-state index contributed by atoms with van der Waals surface area (Å²) >= 11 is 0. The highest BCUT2D eigenvalue weighted by atomic mass is 19.1. The molecule has 1 saturated heterocycles. The van der Waals surface area contributed by atoms with Crippen LogP contribution in [-0.4, -0.2) is 66.9 Å². The normalized spacial score (nSPS) is 19.5. The van der Waals surface area contributed by atoms with E-state index in [9.17, 15) is 14.0 Å². The lowest BCUT2D eigenvalue weighted by molar-refractivity contribution is -0.121. The second-order valence-electron chi connectivity index (χ2n) is 8.05. The van der Waals surface area contributed by atoms with Gasteiger partial charge in [-0.3, -0.25) is 19.4 Å². The molecule has 2 heterocycles. The smallest absolute Gasteiger partial charge is 0.241 e. The minimum Gasteiger partial charge on any atom is -0.325 e. The van der Waals surface area contributed by atoms with Crippen molar-refractivity contribution in [2.75, 3.05) is 49.5 Å². The summed E-state index contributed by atoms with van der Waals surface area (Å²) in [5.74, 6) is -0.311. The molecular weight excluding hydrogens is 383 g/mol. The third-order valence-corrected chi connectivity index (χ3v) is 5.79. The highest BCUT2D eigenvalue weighted by Crippen LogP contribution is 2.31. The Morgan fingerprint density at radius 2 is 1.60 bits per heavy atom.